The molecule has 0 bridgehead atoms. The lowest BCUT2D eigenvalue weighted by atomic mass is 10.1. The Morgan fingerprint density at radius 3 is 2.68 bits per heavy atom. The predicted octanol–water partition coefficient (Wildman–Crippen LogP) is 3.49. The summed E-state index contributed by atoms with van der Waals surface area (Å²) in [6, 6.07) is 14.2. The number of pyridine rings is 1. The lowest BCUT2D eigenvalue weighted by molar-refractivity contribution is 1.16. The number of nitrogens with zero attached hydrogens (tertiary/aromatic N) is 3. The molecule has 0 aliphatic carbocycles. The molecule has 92 valence electrons. The average molecular weight is 247 g/mol. The van der Waals surface area contributed by atoms with E-state index in [1.165, 1.54) is 11.1 Å². The van der Waals surface area contributed by atoms with Gasteiger partial charge < -0.3 is 0 Å². The zero-order valence-corrected chi connectivity index (χ0v) is 10.9. The van der Waals surface area contributed by atoms with Crippen LogP contribution in [0.2, 0.25) is 0 Å². The quantitative estimate of drug-likeness (QED) is 0.660. The number of imidazole rings is 1. The number of nitriles is 1. The van der Waals surface area contributed by atoms with Gasteiger partial charge in [0.1, 0.15) is 11.9 Å². The predicted molar refractivity (Wildman–Crippen MR) is 74.8 cm³/mol. The van der Waals surface area contributed by atoms with Crippen LogP contribution < -0.4 is 0 Å². The van der Waals surface area contributed by atoms with Crippen LogP contribution in [0.15, 0.2) is 42.6 Å². The van der Waals surface area contributed by atoms with Crippen molar-refractivity contribution in [1.29, 1.82) is 5.26 Å². The topological polar surface area (TPSA) is 41.1 Å². The fraction of sp³-hybridized carbons (Fsp3) is 0.125. The molecule has 0 saturated heterocycles. The van der Waals surface area contributed by atoms with E-state index < -0.39 is 0 Å². The van der Waals surface area contributed by atoms with Gasteiger partial charge in [-0.15, -0.1) is 0 Å². The van der Waals surface area contributed by atoms with Gasteiger partial charge in [0.05, 0.1) is 5.52 Å². The van der Waals surface area contributed by atoms with Crippen LogP contribution in [0.4, 0.5) is 0 Å². The molecule has 0 N–H and O–H groups in total. The van der Waals surface area contributed by atoms with Gasteiger partial charge in [0, 0.05) is 11.8 Å². The molecule has 3 rings (SSSR count). The van der Waals surface area contributed by atoms with Crippen LogP contribution in [0.1, 0.15) is 16.8 Å². The van der Waals surface area contributed by atoms with Gasteiger partial charge in [0.15, 0.2) is 5.69 Å². The van der Waals surface area contributed by atoms with E-state index in [1.54, 1.807) is 0 Å². The van der Waals surface area contributed by atoms with Crippen LogP contribution in [-0.2, 0) is 0 Å². The maximum absolute atomic E-state index is 9.17. The molecule has 1 aromatic carbocycles. The molecule has 0 unspecified atom stereocenters. The highest BCUT2D eigenvalue weighted by Gasteiger charge is 2.12. The number of fused-ring (bicyclic) bond motifs is 1. The summed E-state index contributed by atoms with van der Waals surface area (Å²) in [4.78, 5) is 4.45. The molecule has 3 aromatic rings. The first kappa shape index (κ1) is 11.5. The third-order valence-electron chi connectivity index (χ3n) is 3.42. The van der Waals surface area contributed by atoms with E-state index in [0.29, 0.717) is 5.69 Å². The Morgan fingerprint density at radius 2 is 1.95 bits per heavy atom. The van der Waals surface area contributed by atoms with Crippen molar-refractivity contribution >= 4 is 5.52 Å². The van der Waals surface area contributed by atoms with E-state index in [4.69, 9.17) is 5.26 Å². The lowest BCUT2D eigenvalue weighted by Gasteiger charge is -2.04. The second-order valence-electron chi connectivity index (χ2n) is 4.65. The van der Waals surface area contributed by atoms with Crippen LogP contribution in [0.25, 0.3) is 16.9 Å². The molecule has 3 heteroatoms. The zero-order valence-electron chi connectivity index (χ0n) is 10.9. The van der Waals surface area contributed by atoms with Crippen molar-refractivity contribution in [2.45, 2.75) is 13.8 Å². The molecule has 0 atom stereocenters. The zero-order chi connectivity index (χ0) is 13.4. The second kappa shape index (κ2) is 4.25. The molecule has 19 heavy (non-hydrogen) atoms. The summed E-state index contributed by atoms with van der Waals surface area (Å²) in [6.07, 6.45) is 1.94. The molecule has 0 saturated carbocycles. The monoisotopic (exact) mass is 247 g/mol. The second-order valence-corrected chi connectivity index (χ2v) is 4.65. The molecule has 0 aliphatic rings. The number of hydrogen-bond donors (Lipinski definition) is 0. The summed E-state index contributed by atoms with van der Waals surface area (Å²) in [5, 5.41) is 9.17. The molecule has 0 amide bonds. The molecule has 0 radical (unpaired) electrons. The molecular weight excluding hydrogens is 234 g/mol. The van der Waals surface area contributed by atoms with Gasteiger partial charge in [0.2, 0.25) is 0 Å². The van der Waals surface area contributed by atoms with Crippen molar-refractivity contribution in [3.63, 3.8) is 0 Å². The van der Waals surface area contributed by atoms with Crippen LogP contribution in [0.5, 0.6) is 0 Å². The van der Waals surface area contributed by atoms with Crippen LogP contribution in [0, 0.1) is 25.2 Å². The first-order valence-electron chi connectivity index (χ1n) is 6.15. The fourth-order valence-corrected chi connectivity index (χ4v) is 2.20. The van der Waals surface area contributed by atoms with E-state index >= 15 is 0 Å². The molecule has 2 heterocycles. The van der Waals surface area contributed by atoms with Crippen LogP contribution in [0.3, 0.4) is 0 Å². The normalized spacial score (nSPS) is 10.6. The van der Waals surface area contributed by atoms with Crippen molar-refractivity contribution in [3.8, 4) is 17.5 Å². The van der Waals surface area contributed by atoms with E-state index in [-0.39, 0.29) is 0 Å². The van der Waals surface area contributed by atoms with Gasteiger partial charge in [-0.1, -0.05) is 18.2 Å². The molecule has 0 spiro atoms. The minimum atomic E-state index is 0.467. The number of hydrogen-bond acceptors (Lipinski definition) is 2. The summed E-state index contributed by atoms with van der Waals surface area (Å²) in [5.74, 6) is 0.815. The number of benzene rings is 1. The summed E-state index contributed by atoms with van der Waals surface area (Å²) >= 11 is 0. The van der Waals surface area contributed by atoms with Gasteiger partial charge in [0.25, 0.3) is 0 Å². The maximum atomic E-state index is 9.17. The highest BCUT2D eigenvalue weighted by molar-refractivity contribution is 5.68. The minimum absolute atomic E-state index is 0.467. The maximum Gasteiger partial charge on any atom is 0.166 e. The van der Waals surface area contributed by atoms with Gasteiger partial charge in [-0.3, -0.25) is 4.40 Å². The van der Waals surface area contributed by atoms with Crippen molar-refractivity contribution in [2.24, 2.45) is 0 Å². The van der Waals surface area contributed by atoms with Crippen molar-refractivity contribution < 1.29 is 0 Å². The summed E-state index contributed by atoms with van der Waals surface area (Å²) in [7, 11) is 0. The Labute approximate surface area is 111 Å². The van der Waals surface area contributed by atoms with Crippen molar-refractivity contribution in [1.82, 2.24) is 9.38 Å². The highest BCUT2D eigenvalue weighted by atomic mass is 15.0. The highest BCUT2D eigenvalue weighted by Crippen LogP contribution is 2.24. The van der Waals surface area contributed by atoms with E-state index in [0.717, 1.165) is 16.9 Å². The molecule has 0 aliphatic heterocycles. The number of rotatable bonds is 1. The largest absolute Gasteiger partial charge is 0.298 e. The third kappa shape index (κ3) is 1.78. The minimum Gasteiger partial charge on any atom is -0.298 e. The smallest absolute Gasteiger partial charge is 0.166 e. The number of aryl methyl sites for hydroxylation is 2. The first-order chi connectivity index (χ1) is 9.20. The van der Waals surface area contributed by atoms with Gasteiger partial charge in [-0.25, -0.2) is 4.98 Å². The van der Waals surface area contributed by atoms with Crippen LogP contribution in [-0.4, -0.2) is 9.38 Å². The van der Waals surface area contributed by atoms with Gasteiger partial charge in [-0.2, -0.15) is 5.26 Å². The Morgan fingerprint density at radius 1 is 1.11 bits per heavy atom. The van der Waals surface area contributed by atoms with Gasteiger partial charge >= 0.3 is 0 Å². The lowest BCUT2D eigenvalue weighted by Crippen LogP contribution is -1.90. The Hall–Kier alpha value is -2.60. The summed E-state index contributed by atoms with van der Waals surface area (Å²) in [5.41, 5.74) is 4.83. The standard InChI is InChI=1S/C16H13N3/c1-11-6-7-13(9-12(11)2)16-18-14(10-17)15-5-3-4-8-19(15)16/h3-9H,1-2H3. The summed E-state index contributed by atoms with van der Waals surface area (Å²) < 4.78 is 1.96. The Balaban J connectivity index is 2.31. The van der Waals surface area contributed by atoms with Crippen LogP contribution >= 0.6 is 0 Å². The molecule has 3 nitrogen and oxygen atoms in total. The van der Waals surface area contributed by atoms with Gasteiger partial charge in [-0.05, 0) is 43.2 Å². The van der Waals surface area contributed by atoms with E-state index in [1.807, 2.05) is 34.9 Å². The fourth-order valence-electron chi connectivity index (χ4n) is 2.20. The molecule has 2 aromatic heterocycles. The average Bonchev–Trinajstić information content (AvgIpc) is 2.81. The third-order valence-corrected chi connectivity index (χ3v) is 3.42. The molecular formula is C16H13N3. The molecule has 0 fully saturated rings. The Bertz CT molecular complexity index is 806. The Kier molecular flexibility index (Phi) is 2.57. The van der Waals surface area contributed by atoms with E-state index in [2.05, 4.69) is 37.0 Å². The first-order valence-corrected chi connectivity index (χ1v) is 6.15. The SMILES string of the molecule is Cc1ccc(-c2nc(C#N)c3ccccn23)cc1C. The summed E-state index contributed by atoms with van der Waals surface area (Å²) in [6.45, 7) is 4.17. The number of aromatic nitrogens is 2. The van der Waals surface area contributed by atoms with E-state index in [9.17, 15) is 0 Å². The van der Waals surface area contributed by atoms with Crippen molar-refractivity contribution in [2.75, 3.05) is 0 Å². The van der Waals surface area contributed by atoms with Crippen molar-refractivity contribution in [3.05, 3.63) is 59.4 Å².